The van der Waals surface area contributed by atoms with E-state index in [4.69, 9.17) is 4.74 Å². The first kappa shape index (κ1) is 11.6. The molecule has 2 heterocycles. The van der Waals surface area contributed by atoms with Crippen LogP contribution in [0.3, 0.4) is 0 Å². The standard InChI is InChI=1S/C12H16N4O/c1-5-9-6-10(8(2)15-12(9)17-4)11-13-7-14-16(11)3/h6-7H,5H2,1-4H3. The van der Waals surface area contributed by atoms with Crippen LogP contribution in [0.2, 0.25) is 0 Å². The minimum atomic E-state index is 0.691. The zero-order valence-corrected chi connectivity index (χ0v) is 10.6. The second-order valence-corrected chi connectivity index (χ2v) is 3.85. The number of methoxy groups -OCH3 is 1. The van der Waals surface area contributed by atoms with Crippen molar-refractivity contribution in [1.29, 1.82) is 0 Å². The highest BCUT2D eigenvalue weighted by Gasteiger charge is 2.13. The summed E-state index contributed by atoms with van der Waals surface area (Å²) >= 11 is 0. The van der Waals surface area contributed by atoms with Crippen LogP contribution >= 0.6 is 0 Å². The molecule has 90 valence electrons. The molecule has 0 saturated heterocycles. The van der Waals surface area contributed by atoms with Crippen LogP contribution < -0.4 is 4.74 Å². The number of aryl methyl sites for hydroxylation is 3. The zero-order chi connectivity index (χ0) is 12.4. The maximum Gasteiger partial charge on any atom is 0.216 e. The van der Waals surface area contributed by atoms with Crippen molar-refractivity contribution in [1.82, 2.24) is 19.7 Å². The summed E-state index contributed by atoms with van der Waals surface area (Å²) < 4.78 is 7.01. The molecule has 0 N–H and O–H groups in total. The van der Waals surface area contributed by atoms with E-state index in [9.17, 15) is 0 Å². The molecule has 0 amide bonds. The van der Waals surface area contributed by atoms with E-state index in [0.717, 1.165) is 29.1 Å². The van der Waals surface area contributed by atoms with E-state index in [1.165, 1.54) is 0 Å². The van der Waals surface area contributed by atoms with Gasteiger partial charge in [0.15, 0.2) is 5.82 Å². The second-order valence-electron chi connectivity index (χ2n) is 3.85. The molecule has 2 rings (SSSR count). The molecule has 2 aromatic rings. The molecule has 17 heavy (non-hydrogen) atoms. The van der Waals surface area contributed by atoms with Crippen LogP contribution in [0.15, 0.2) is 12.4 Å². The van der Waals surface area contributed by atoms with Gasteiger partial charge in [-0.25, -0.2) is 14.6 Å². The van der Waals surface area contributed by atoms with Crippen LogP contribution in [0.25, 0.3) is 11.4 Å². The first-order chi connectivity index (χ1) is 8.17. The van der Waals surface area contributed by atoms with Gasteiger partial charge >= 0.3 is 0 Å². The Labute approximate surface area is 100 Å². The molecule has 2 aromatic heterocycles. The molecule has 0 fully saturated rings. The number of rotatable bonds is 3. The highest BCUT2D eigenvalue weighted by molar-refractivity contribution is 5.60. The molecular weight excluding hydrogens is 216 g/mol. The van der Waals surface area contributed by atoms with Gasteiger partial charge in [0.1, 0.15) is 6.33 Å². The predicted octanol–water partition coefficient (Wildman–Crippen LogP) is 1.76. The zero-order valence-electron chi connectivity index (χ0n) is 10.6. The van der Waals surface area contributed by atoms with Gasteiger partial charge in [0, 0.05) is 18.2 Å². The summed E-state index contributed by atoms with van der Waals surface area (Å²) in [6, 6.07) is 2.07. The molecule has 0 unspecified atom stereocenters. The average molecular weight is 232 g/mol. The Bertz CT molecular complexity index is 533. The predicted molar refractivity (Wildman–Crippen MR) is 64.9 cm³/mol. The smallest absolute Gasteiger partial charge is 0.216 e. The number of pyridine rings is 1. The summed E-state index contributed by atoms with van der Waals surface area (Å²) in [5.41, 5.74) is 2.98. The van der Waals surface area contributed by atoms with E-state index in [-0.39, 0.29) is 0 Å². The summed E-state index contributed by atoms with van der Waals surface area (Å²) in [5, 5.41) is 4.08. The van der Waals surface area contributed by atoms with Gasteiger partial charge in [-0.2, -0.15) is 5.10 Å². The summed E-state index contributed by atoms with van der Waals surface area (Å²) in [7, 11) is 3.51. The lowest BCUT2D eigenvalue weighted by molar-refractivity contribution is 0.392. The van der Waals surface area contributed by atoms with Crippen LogP contribution in [0.4, 0.5) is 0 Å². The Morgan fingerprint density at radius 2 is 2.18 bits per heavy atom. The third kappa shape index (κ3) is 2.00. The van der Waals surface area contributed by atoms with E-state index in [0.29, 0.717) is 5.88 Å². The second kappa shape index (κ2) is 4.53. The molecule has 5 heteroatoms. The fourth-order valence-corrected chi connectivity index (χ4v) is 1.82. The Morgan fingerprint density at radius 1 is 1.41 bits per heavy atom. The Balaban J connectivity index is 2.59. The van der Waals surface area contributed by atoms with Crippen LogP contribution in [0, 0.1) is 6.92 Å². The molecule has 0 spiro atoms. The van der Waals surface area contributed by atoms with Gasteiger partial charge in [-0.3, -0.25) is 0 Å². The largest absolute Gasteiger partial charge is 0.481 e. The van der Waals surface area contributed by atoms with Crippen molar-refractivity contribution >= 4 is 0 Å². The fraction of sp³-hybridized carbons (Fsp3) is 0.417. The Hall–Kier alpha value is -1.91. The highest BCUT2D eigenvalue weighted by atomic mass is 16.5. The summed E-state index contributed by atoms with van der Waals surface area (Å²) in [4.78, 5) is 8.70. The molecule has 0 saturated carbocycles. The topological polar surface area (TPSA) is 52.8 Å². The lowest BCUT2D eigenvalue weighted by Gasteiger charge is -2.10. The summed E-state index contributed by atoms with van der Waals surface area (Å²) in [6.45, 7) is 4.03. The maximum atomic E-state index is 5.27. The lowest BCUT2D eigenvalue weighted by Crippen LogP contribution is -2.02. The third-order valence-corrected chi connectivity index (χ3v) is 2.78. The minimum Gasteiger partial charge on any atom is -0.481 e. The van der Waals surface area contributed by atoms with E-state index >= 15 is 0 Å². The van der Waals surface area contributed by atoms with Crippen LogP contribution in [-0.2, 0) is 13.5 Å². The van der Waals surface area contributed by atoms with Gasteiger partial charge in [-0.1, -0.05) is 6.92 Å². The van der Waals surface area contributed by atoms with Crippen LogP contribution in [0.5, 0.6) is 5.88 Å². The highest BCUT2D eigenvalue weighted by Crippen LogP contribution is 2.26. The lowest BCUT2D eigenvalue weighted by atomic mass is 10.1. The monoisotopic (exact) mass is 232 g/mol. The fourth-order valence-electron chi connectivity index (χ4n) is 1.82. The van der Waals surface area contributed by atoms with Gasteiger partial charge in [0.2, 0.25) is 5.88 Å². The maximum absolute atomic E-state index is 5.27. The molecule has 0 aliphatic heterocycles. The normalized spacial score (nSPS) is 10.6. The van der Waals surface area contributed by atoms with Crippen molar-refractivity contribution in [3.05, 3.63) is 23.7 Å². The summed E-state index contributed by atoms with van der Waals surface area (Å²) in [6.07, 6.45) is 2.42. The number of ether oxygens (including phenoxy) is 1. The number of nitrogens with zero attached hydrogens (tertiary/aromatic N) is 4. The van der Waals surface area contributed by atoms with Crippen molar-refractivity contribution in [3.8, 4) is 17.3 Å². The van der Waals surface area contributed by atoms with Gasteiger partial charge < -0.3 is 4.74 Å². The quantitative estimate of drug-likeness (QED) is 0.809. The number of hydrogen-bond acceptors (Lipinski definition) is 4. The Morgan fingerprint density at radius 3 is 2.71 bits per heavy atom. The average Bonchev–Trinajstić information content (AvgIpc) is 2.75. The molecular formula is C12H16N4O. The van der Waals surface area contributed by atoms with Crippen LogP contribution in [0.1, 0.15) is 18.2 Å². The van der Waals surface area contributed by atoms with Crippen molar-refractivity contribution in [2.75, 3.05) is 7.11 Å². The third-order valence-electron chi connectivity index (χ3n) is 2.78. The van der Waals surface area contributed by atoms with Crippen LogP contribution in [-0.4, -0.2) is 26.9 Å². The molecule has 0 radical (unpaired) electrons. The number of aromatic nitrogens is 4. The molecule has 0 aliphatic rings. The van der Waals surface area contributed by atoms with E-state index < -0.39 is 0 Å². The van der Waals surface area contributed by atoms with Crippen molar-refractivity contribution in [3.63, 3.8) is 0 Å². The minimum absolute atomic E-state index is 0.691. The molecule has 0 aliphatic carbocycles. The molecule has 5 nitrogen and oxygen atoms in total. The molecule has 0 aromatic carbocycles. The Kier molecular flexibility index (Phi) is 3.08. The van der Waals surface area contributed by atoms with Crippen molar-refractivity contribution in [2.45, 2.75) is 20.3 Å². The van der Waals surface area contributed by atoms with E-state index in [1.54, 1.807) is 18.1 Å². The molecule has 0 atom stereocenters. The number of hydrogen-bond donors (Lipinski definition) is 0. The van der Waals surface area contributed by atoms with Gasteiger partial charge in [0.25, 0.3) is 0 Å². The first-order valence-corrected chi connectivity index (χ1v) is 5.56. The first-order valence-electron chi connectivity index (χ1n) is 5.56. The van der Waals surface area contributed by atoms with Gasteiger partial charge in [-0.15, -0.1) is 0 Å². The van der Waals surface area contributed by atoms with E-state index in [1.807, 2.05) is 14.0 Å². The van der Waals surface area contributed by atoms with Gasteiger partial charge in [0.05, 0.1) is 12.8 Å². The SMILES string of the molecule is CCc1cc(-c2ncnn2C)c(C)nc1OC. The van der Waals surface area contributed by atoms with Gasteiger partial charge in [-0.05, 0) is 19.4 Å². The van der Waals surface area contributed by atoms with E-state index in [2.05, 4.69) is 28.1 Å². The van der Waals surface area contributed by atoms with Crippen molar-refractivity contribution < 1.29 is 4.74 Å². The van der Waals surface area contributed by atoms with Crippen molar-refractivity contribution in [2.24, 2.45) is 7.05 Å². The summed E-state index contributed by atoms with van der Waals surface area (Å²) in [5.74, 6) is 1.52. The molecule has 0 bridgehead atoms.